The fourth-order valence-electron chi connectivity index (χ4n) is 3.43. The summed E-state index contributed by atoms with van der Waals surface area (Å²) in [4.78, 5) is 45.0. The number of likely N-dealkylation sites (N-methyl/N-ethyl adjacent to an activating group) is 1. The summed E-state index contributed by atoms with van der Waals surface area (Å²) in [7, 11) is 1.47. The summed E-state index contributed by atoms with van der Waals surface area (Å²) < 4.78 is 0. The third kappa shape index (κ3) is 3.21. The molecule has 0 radical (unpaired) electrons. The highest BCUT2D eigenvalue weighted by Crippen LogP contribution is 2.45. The topological polar surface area (TPSA) is 79.0 Å². The smallest absolute Gasteiger partial charge is 0.261 e. The van der Waals surface area contributed by atoms with Crippen LogP contribution in [0.4, 0.5) is 0 Å². The van der Waals surface area contributed by atoms with E-state index in [1.54, 1.807) is 0 Å². The normalized spacial score (nSPS) is 26.6. The number of fused-ring (bicyclic) bond motifs is 1. The largest absolute Gasteiger partial charge is 0.352 e. The minimum Gasteiger partial charge on any atom is -0.352 e. The van der Waals surface area contributed by atoms with Gasteiger partial charge in [0.05, 0.1) is 12.0 Å². The Bertz CT molecular complexity index is 659. The van der Waals surface area contributed by atoms with Gasteiger partial charge in [0.2, 0.25) is 11.8 Å². The molecule has 2 saturated heterocycles. The SMILES string of the molecule is CCC(CC)NC(=O)CN1OC2C(=O)N(C)C(=O)C2C1c1cccs1. The molecule has 0 spiro atoms. The molecule has 8 heteroatoms. The molecule has 3 unspecified atom stereocenters. The van der Waals surface area contributed by atoms with Crippen LogP contribution < -0.4 is 5.32 Å². The Morgan fingerprint density at radius 3 is 2.64 bits per heavy atom. The lowest BCUT2D eigenvalue weighted by molar-refractivity contribution is -0.181. The molecule has 1 aromatic heterocycles. The summed E-state index contributed by atoms with van der Waals surface area (Å²) in [6.45, 7) is 4.04. The number of carbonyl (C=O) groups is 3. The van der Waals surface area contributed by atoms with E-state index in [4.69, 9.17) is 4.84 Å². The van der Waals surface area contributed by atoms with Crippen molar-refractivity contribution in [2.75, 3.05) is 13.6 Å². The molecule has 7 nitrogen and oxygen atoms in total. The minimum absolute atomic E-state index is 0.00363. The Balaban J connectivity index is 1.80. The minimum atomic E-state index is -0.842. The highest BCUT2D eigenvalue weighted by molar-refractivity contribution is 7.10. The van der Waals surface area contributed by atoms with Gasteiger partial charge in [0, 0.05) is 18.0 Å². The van der Waals surface area contributed by atoms with Crippen LogP contribution in [0.3, 0.4) is 0 Å². The predicted octanol–water partition coefficient (Wildman–Crippen LogP) is 1.32. The third-order valence-electron chi connectivity index (χ3n) is 4.90. The van der Waals surface area contributed by atoms with Gasteiger partial charge in [-0.1, -0.05) is 19.9 Å². The maximum absolute atomic E-state index is 12.5. The van der Waals surface area contributed by atoms with Crippen LogP contribution in [0.5, 0.6) is 0 Å². The van der Waals surface area contributed by atoms with Gasteiger partial charge in [0.15, 0.2) is 6.10 Å². The molecule has 25 heavy (non-hydrogen) atoms. The van der Waals surface area contributed by atoms with Crippen molar-refractivity contribution in [1.82, 2.24) is 15.3 Å². The van der Waals surface area contributed by atoms with Crippen LogP contribution in [0.25, 0.3) is 0 Å². The number of nitrogens with zero attached hydrogens (tertiary/aromatic N) is 2. The zero-order valence-electron chi connectivity index (χ0n) is 14.6. The Morgan fingerprint density at radius 2 is 2.04 bits per heavy atom. The van der Waals surface area contributed by atoms with E-state index in [0.717, 1.165) is 22.6 Å². The van der Waals surface area contributed by atoms with Crippen molar-refractivity contribution in [2.24, 2.45) is 5.92 Å². The van der Waals surface area contributed by atoms with Gasteiger partial charge in [-0.05, 0) is 24.3 Å². The fraction of sp³-hybridized carbons (Fsp3) is 0.588. The molecule has 3 atom stereocenters. The van der Waals surface area contributed by atoms with Crippen molar-refractivity contribution in [1.29, 1.82) is 0 Å². The Kier molecular flexibility index (Phi) is 5.21. The summed E-state index contributed by atoms with van der Waals surface area (Å²) in [6.07, 6.45) is 0.861. The van der Waals surface area contributed by atoms with Gasteiger partial charge in [-0.2, -0.15) is 5.06 Å². The van der Waals surface area contributed by atoms with Crippen LogP contribution in [0.2, 0.25) is 0 Å². The van der Waals surface area contributed by atoms with E-state index in [9.17, 15) is 14.4 Å². The highest BCUT2D eigenvalue weighted by atomic mass is 32.1. The first-order chi connectivity index (χ1) is 12.0. The number of hydrogen-bond acceptors (Lipinski definition) is 6. The van der Waals surface area contributed by atoms with E-state index in [-0.39, 0.29) is 30.3 Å². The lowest BCUT2D eigenvalue weighted by Gasteiger charge is -2.25. The molecule has 0 aromatic carbocycles. The van der Waals surface area contributed by atoms with E-state index in [1.807, 2.05) is 31.4 Å². The van der Waals surface area contributed by atoms with E-state index >= 15 is 0 Å². The fourth-order valence-corrected chi connectivity index (χ4v) is 4.30. The van der Waals surface area contributed by atoms with Crippen molar-refractivity contribution in [3.05, 3.63) is 22.4 Å². The molecule has 3 rings (SSSR count). The average molecular weight is 365 g/mol. The van der Waals surface area contributed by atoms with Gasteiger partial charge < -0.3 is 5.32 Å². The number of amides is 3. The number of thiophene rings is 1. The monoisotopic (exact) mass is 365 g/mol. The standard InChI is InChI=1S/C17H23N3O4S/c1-4-10(5-2)18-12(21)9-20-14(11-7-6-8-25-11)13-15(24-20)17(23)19(3)16(13)22/h6-8,10,13-15H,4-5,9H2,1-3H3,(H,18,21). The van der Waals surface area contributed by atoms with Gasteiger partial charge in [-0.25, -0.2) is 0 Å². The van der Waals surface area contributed by atoms with Gasteiger partial charge in [-0.3, -0.25) is 24.1 Å². The molecule has 0 saturated carbocycles. The third-order valence-corrected chi connectivity index (χ3v) is 5.84. The number of carbonyl (C=O) groups excluding carboxylic acids is 3. The molecule has 2 aliphatic heterocycles. The highest BCUT2D eigenvalue weighted by Gasteiger charge is 2.59. The summed E-state index contributed by atoms with van der Waals surface area (Å²) in [6, 6.07) is 3.49. The number of hydroxylamine groups is 2. The van der Waals surface area contributed by atoms with Gasteiger partial charge in [-0.15, -0.1) is 11.3 Å². The molecule has 3 heterocycles. The number of hydrogen-bond donors (Lipinski definition) is 1. The maximum atomic E-state index is 12.5. The Hall–Kier alpha value is -1.77. The van der Waals surface area contributed by atoms with Crippen molar-refractivity contribution < 1.29 is 19.2 Å². The second-order valence-corrected chi connectivity index (χ2v) is 7.38. The molecular weight excluding hydrogens is 342 g/mol. The lowest BCUT2D eigenvalue weighted by Crippen LogP contribution is -2.43. The molecule has 0 aliphatic carbocycles. The van der Waals surface area contributed by atoms with Crippen molar-refractivity contribution in [2.45, 2.75) is 44.9 Å². The molecule has 2 aliphatic rings. The average Bonchev–Trinajstić information content (AvgIpc) is 3.28. The predicted molar refractivity (Wildman–Crippen MR) is 92.4 cm³/mol. The molecule has 2 fully saturated rings. The van der Waals surface area contributed by atoms with Gasteiger partial charge in [0.25, 0.3) is 5.91 Å². The maximum Gasteiger partial charge on any atom is 0.261 e. The van der Waals surface area contributed by atoms with E-state index in [1.165, 1.54) is 23.4 Å². The first-order valence-corrected chi connectivity index (χ1v) is 9.43. The van der Waals surface area contributed by atoms with Crippen LogP contribution in [0.1, 0.15) is 37.6 Å². The zero-order chi connectivity index (χ0) is 18.1. The molecule has 1 aromatic rings. The van der Waals surface area contributed by atoms with Gasteiger partial charge >= 0.3 is 0 Å². The first-order valence-electron chi connectivity index (χ1n) is 8.55. The quantitative estimate of drug-likeness (QED) is 0.770. The number of likely N-dealkylation sites (tertiary alicyclic amines) is 1. The Morgan fingerprint density at radius 1 is 1.32 bits per heavy atom. The molecule has 136 valence electrons. The van der Waals surface area contributed by atoms with Crippen molar-refractivity contribution >= 4 is 29.1 Å². The van der Waals surface area contributed by atoms with E-state index in [2.05, 4.69) is 5.32 Å². The van der Waals surface area contributed by atoms with Crippen LogP contribution in [0.15, 0.2) is 17.5 Å². The number of nitrogens with one attached hydrogen (secondary N) is 1. The first kappa shape index (κ1) is 18.0. The van der Waals surface area contributed by atoms with Gasteiger partial charge in [0.1, 0.15) is 6.54 Å². The second-order valence-electron chi connectivity index (χ2n) is 6.40. The van der Waals surface area contributed by atoms with Crippen LogP contribution in [-0.4, -0.2) is 53.4 Å². The molecule has 3 amide bonds. The lowest BCUT2D eigenvalue weighted by atomic mass is 9.95. The van der Waals surface area contributed by atoms with Crippen LogP contribution >= 0.6 is 11.3 Å². The summed E-state index contributed by atoms with van der Waals surface area (Å²) in [5.41, 5.74) is 0. The second kappa shape index (κ2) is 7.23. The Labute approximate surface area is 150 Å². The van der Waals surface area contributed by atoms with Crippen molar-refractivity contribution in [3.63, 3.8) is 0 Å². The number of imide groups is 1. The molecule has 1 N–H and O–H groups in total. The van der Waals surface area contributed by atoms with Crippen LogP contribution in [0, 0.1) is 5.92 Å². The number of rotatable bonds is 6. The summed E-state index contributed by atoms with van der Waals surface area (Å²) in [5, 5.41) is 6.38. The van der Waals surface area contributed by atoms with E-state index < -0.39 is 18.1 Å². The van der Waals surface area contributed by atoms with E-state index in [0.29, 0.717) is 0 Å². The summed E-state index contributed by atoms with van der Waals surface area (Å²) >= 11 is 1.49. The zero-order valence-corrected chi connectivity index (χ0v) is 15.4. The molecule has 0 bridgehead atoms. The van der Waals surface area contributed by atoms with Crippen molar-refractivity contribution in [3.8, 4) is 0 Å². The molecular formula is C17H23N3O4S. The van der Waals surface area contributed by atoms with Crippen LogP contribution in [-0.2, 0) is 19.2 Å². The summed E-state index contributed by atoms with van der Waals surface area (Å²) in [5.74, 6) is -1.36.